The molecule has 0 amide bonds. The molecule has 1 aromatic carbocycles. The van der Waals surface area contributed by atoms with E-state index in [0.29, 0.717) is 6.04 Å². The molecular weight excluding hydrogens is 198 g/mol. The lowest BCUT2D eigenvalue weighted by Crippen LogP contribution is -2.19. The minimum atomic E-state index is 0.351. The van der Waals surface area contributed by atoms with E-state index in [1.165, 1.54) is 11.1 Å². The number of nitrogens with one attached hydrogen (secondary N) is 2. The van der Waals surface area contributed by atoms with Crippen LogP contribution >= 0.6 is 0 Å². The largest absolute Gasteiger partial charge is 0.305 e. The first kappa shape index (κ1) is 10.9. The molecule has 84 valence electrons. The standard InChI is InChI=1S/C13H17N3/c1-10-5-3-4-6-13(10)11(2)14-9-12-7-8-15-16-12/h3-8,11,14H,9H2,1-2H3,(H,15,16). The van der Waals surface area contributed by atoms with Crippen molar-refractivity contribution in [3.8, 4) is 0 Å². The zero-order valence-electron chi connectivity index (χ0n) is 9.70. The van der Waals surface area contributed by atoms with Crippen LogP contribution in [0.5, 0.6) is 0 Å². The molecule has 0 bridgehead atoms. The van der Waals surface area contributed by atoms with E-state index in [1.54, 1.807) is 6.20 Å². The number of hydrogen-bond donors (Lipinski definition) is 2. The predicted molar refractivity (Wildman–Crippen MR) is 65.0 cm³/mol. The molecule has 0 fully saturated rings. The van der Waals surface area contributed by atoms with Crippen molar-refractivity contribution in [1.29, 1.82) is 0 Å². The first-order valence-electron chi connectivity index (χ1n) is 5.54. The van der Waals surface area contributed by atoms with Crippen molar-refractivity contribution in [3.63, 3.8) is 0 Å². The van der Waals surface area contributed by atoms with Crippen LogP contribution in [-0.4, -0.2) is 10.2 Å². The van der Waals surface area contributed by atoms with Crippen molar-refractivity contribution in [1.82, 2.24) is 15.5 Å². The summed E-state index contributed by atoms with van der Waals surface area (Å²) in [5.41, 5.74) is 3.79. The number of rotatable bonds is 4. The van der Waals surface area contributed by atoms with Gasteiger partial charge in [0.15, 0.2) is 0 Å². The first-order chi connectivity index (χ1) is 7.77. The van der Waals surface area contributed by atoms with Gasteiger partial charge < -0.3 is 5.32 Å². The second-order valence-corrected chi connectivity index (χ2v) is 4.04. The number of aromatic amines is 1. The number of hydrogen-bond acceptors (Lipinski definition) is 2. The Hall–Kier alpha value is -1.61. The van der Waals surface area contributed by atoms with Gasteiger partial charge in [0.05, 0.1) is 0 Å². The number of aromatic nitrogens is 2. The Morgan fingerprint density at radius 1 is 1.31 bits per heavy atom. The van der Waals surface area contributed by atoms with Crippen LogP contribution < -0.4 is 5.32 Å². The Morgan fingerprint density at radius 2 is 2.12 bits per heavy atom. The van der Waals surface area contributed by atoms with Crippen molar-refractivity contribution in [2.45, 2.75) is 26.4 Å². The lowest BCUT2D eigenvalue weighted by Gasteiger charge is -2.15. The van der Waals surface area contributed by atoms with E-state index in [1.807, 2.05) is 6.07 Å². The van der Waals surface area contributed by atoms with Crippen molar-refractivity contribution in [2.75, 3.05) is 0 Å². The molecule has 0 radical (unpaired) electrons. The third kappa shape index (κ3) is 2.49. The lowest BCUT2D eigenvalue weighted by molar-refractivity contribution is 0.564. The molecule has 2 N–H and O–H groups in total. The van der Waals surface area contributed by atoms with Crippen LogP contribution in [0.2, 0.25) is 0 Å². The number of aryl methyl sites for hydroxylation is 1. The molecule has 0 saturated carbocycles. The topological polar surface area (TPSA) is 40.7 Å². The average Bonchev–Trinajstić information content (AvgIpc) is 2.79. The summed E-state index contributed by atoms with van der Waals surface area (Å²) in [7, 11) is 0. The van der Waals surface area contributed by atoms with Crippen molar-refractivity contribution < 1.29 is 0 Å². The summed E-state index contributed by atoms with van der Waals surface area (Å²) < 4.78 is 0. The first-order valence-corrected chi connectivity index (χ1v) is 5.54. The molecule has 1 atom stereocenters. The molecule has 1 heterocycles. The zero-order valence-corrected chi connectivity index (χ0v) is 9.70. The van der Waals surface area contributed by atoms with Crippen LogP contribution in [0.4, 0.5) is 0 Å². The van der Waals surface area contributed by atoms with Crippen molar-refractivity contribution in [3.05, 3.63) is 53.3 Å². The Morgan fingerprint density at radius 3 is 2.81 bits per heavy atom. The van der Waals surface area contributed by atoms with E-state index >= 15 is 0 Å². The van der Waals surface area contributed by atoms with Crippen LogP contribution in [-0.2, 0) is 6.54 Å². The molecule has 16 heavy (non-hydrogen) atoms. The molecule has 0 spiro atoms. The van der Waals surface area contributed by atoms with Gasteiger partial charge in [0.25, 0.3) is 0 Å². The van der Waals surface area contributed by atoms with Crippen LogP contribution in [0, 0.1) is 6.92 Å². The van der Waals surface area contributed by atoms with Gasteiger partial charge in [0.1, 0.15) is 0 Å². The molecule has 3 nitrogen and oxygen atoms in total. The van der Waals surface area contributed by atoms with Gasteiger partial charge in [-0.25, -0.2) is 0 Å². The van der Waals surface area contributed by atoms with Gasteiger partial charge in [-0.05, 0) is 31.0 Å². The van der Waals surface area contributed by atoms with E-state index in [2.05, 4.69) is 53.6 Å². The fourth-order valence-electron chi connectivity index (χ4n) is 1.83. The Balaban J connectivity index is 1.98. The summed E-state index contributed by atoms with van der Waals surface area (Å²) in [6, 6.07) is 10.8. The summed E-state index contributed by atoms with van der Waals surface area (Å²) in [4.78, 5) is 0. The van der Waals surface area contributed by atoms with E-state index in [0.717, 1.165) is 12.2 Å². The van der Waals surface area contributed by atoms with Crippen LogP contribution in [0.25, 0.3) is 0 Å². The lowest BCUT2D eigenvalue weighted by atomic mass is 10.0. The van der Waals surface area contributed by atoms with Gasteiger partial charge in [-0.3, -0.25) is 5.10 Å². The molecule has 1 aromatic heterocycles. The Labute approximate surface area is 95.9 Å². The van der Waals surface area contributed by atoms with E-state index < -0.39 is 0 Å². The molecule has 2 rings (SSSR count). The summed E-state index contributed by atoms with van der Waals surface area (Å²) in [5, 5.41) is 10.3. The number of nitrogens with zero attached hydrogens (tertiary/aromatic N) is 1. The van der Waals surface area contributed by atoms with Crippen LogP contribution in [0.15, 0.2) is 36.5 Å². The van der Waals surface area contributed by atoms with Crippen molar-refractivity contribution >= 4 is 0 Å². The Bertz CT molecular complexity index is 434. The molecule has 1 unspecified atom stereocenters. The highest BCUT2D eigenvalue weighted by Crippen LogP contribution is 2.16. The van der Waals surface area contributed by atoms with Gasteiger partial charge in [-0.2, -0.15) is 5.10 Å². The average molecular weight is 215 g/mol. The van der Waals surface area contributed by atoms with Gasteiger partial charge in [0, 0.05) is 24.5 Å². The Kier molecular flexibility index (Phi) is 3.37. The number of H-pyrrole nitrogens is 1. The zero-order chi connectivity index (χ0) is 11.4. The minimum absolute atomic E-state index is 0.351. The summed E-state index contributed by atoms with van der Waals surface area (Å²) in [6.07, 6.45) is 1.77. The second kappa shape index (κ2) is 4.94. The maximum atomic E-state index is 3.93. The fraction of sp³-hybridized carbons (Fsp3) is 0.308. The van der Waals surface area contributed by atoms with E-state index in [-0.39, 0.29) is 0 Å². The fourth-order valence-corrected chi connectivity index (χ4v) is 1.83. The van der Waals surface area contributed by atoms with Crippen LogP contribution in [0.1, 0.15) is 29.8 Å². The third-order valence-electron chi connectivity index (χ3n) is 2.81. The van der Waals surface area contributed by atoms with Gasteiger partial charge in [-0.1, -0.05) is 24.3 Å². The number of benzene rings is 1. The summed E-state index contributed by atoms with van der Waals surface area (Å²) in [5.74, 6) is 0. The monoisotopic (exact) mass is 215 g/mol. The molecule has 0 aliphatic carbocycles. The van der Waals surface area contributed by atoms with Crippen LogP contribution in [0.3, 0.4) is 0 Å². The van der Waals surface area contributed by atoms with E-state index in [4.69, 9.17) is 0 Å². The molecule has 3 heteroatoms. The smallest absolute Gasteiger partial charge is 0.0490 e. The molecule has 0 aliphatic rings. The highest BCUT2D eigenvalue weighted by Gasteiger charge is 2.06. The van der Waals surface area contributed by atoms with Crippen molar-refractivity contribution in [2.24, 2.45) is 0 Å². The maximum Gasteiger partial charge on any atom is 0.0490 e. The SMILES string of the molecule is Cc1ccccc1C(C)NCc1ccn[nH]1. The molecule has 0 saturated heterocycles. The van der Waals surface area contributed by atoms with Gasteiger partial charge in [0.2, 0.25) is 0 Å². The quantitative estimate of drug-likeness (QED) is 0.823. The third-order valence-corrected chi connectivity index (χ3v) is 2.81. The maximum absolute atomic E-state index is 3.93. The van der Waals surface area contributed by atoms with E-state index in [9.17, 15) is 0 Å². The molecular formula is C13H17N3. The minimum Gasteiger partial charge on any atom is -0.305 e. The highest BCUT2D eigenvalue weighted by atomic mass is 15.1. The molecule has 2 aromatic rings. The predicted octanol–water partition coefficient (Wildman–Crippen LogP) is 2.57. The normalized spacial score (nSPS) is 12.6. The summed E-state index contributed by atoms with van der Waals surface area (Å²) in [6.45, 7) is 5.14. The van der Waals surface area contributed by atoms with Gasteiger partial charge >= 0.3 is 0 Å². The highest BCUT2D eigenvalue weighted by molar-refractivity contribution is 5.28. The molecule has 0 aliphatic heterocycles. The second-order valence-electron chi connectivity index (χ2n) is 4.04. The van der Waals surface area contributed by atoms with Gasteiger partial charge in [-0.15, -0.1) is 0 Å². The summed E-state index contributed by atoms with van der Waals surface area (Å²) >= 11 is 0.